The maximum Gasteiger partial charge on any atom is 0.337 e. The molecule has 0 aliphatic rings. The van der Waals surface area contributed by atoms with Crippen LogP contribution >= 0.6 is 11.6 Å². The van der Waals surface area contributed by atoms with Crippen molar-refractivity contribution in [2.45, 2.75) is 20.8 Å². The van der Waals surface area contributed by atoms with E-state index in [1.807, 2.05) is 32.9 Å². The Morgan fingerprint density at radius 3 is 2.36 bits per heavy atom. The number of hydrogen-bond donors (Lipinski definition) is 2. The Morgan fingerprint density at radius 2 is 1.71 bits per heavy atom. The number of hydrogen-bond acceptors (Lipinski definition) is 6. The van der Waals surface area contributed by atoms with Crippen LogP contribution in [0.1, 0.15) is 27.2 Å². The molecular weight excluding hydrogens is 376 g/mol. The number of nitrogens with one attached hydrogen (secondary N) is 2. The second-order valence-corrected chi connectivity index (χ2v) is 6.88. The molecule has 2 aromatic carbocycles. The van der Waals surface area contributed by atoms with Gasteiger partial charge in [-0.05, 0) is 62.2 Å². The van der Waals surface area contributed by atoms with Gasteiger partial charge in [-0.25, -0.2) is 9.78 Å². The first kappa shape index (κ1) is 19.6. The zero-order valence-corrected chi connectivity index (χ0v) is 16.9. The van der Waals surface area contributed by atoms with E-state index in [0.717, 1.165) is 28.2 Å². The van der Waals surface area contributed by atoms with Crippen molar-refractivity contribution in [3.05, 3.63) is 69.9 Å². The van der Waals surface area contributed by atoms with Gasteiger partial charge in [0.1, 0.15) is 5.82 Å². The molecule has 0 amide bonds. The third-order valence-corrected chi connectivity index (χ3v) is 4.40. The molecule has 0 saturated carbocycles. The van der Waals surface area contributed by atoms with Crippen LogP contribution in [0.25, 0.3) is 0 Å². The average Bonchev–Trinajstić information content (AvgIpc) is 2.64. The van der Waals surface area contributed by atoms with Crippen molar-refractivity contribution >= 4 is 40.7 Å². The summed E-state index contributed by atoms with van der Waals surface area (Å²) in [7, 11) is 1.35. The van der Waals surface area contributed by atoms with Crippen molar-refractivity contribution in [2.75, 3.05) is 17.7 Å². The maximum atomic E-state index is 11.5. The Bertz CT molecular complexity index is 996. The average molecular weight is 397 g/mol. The van der Waals surface area contributed by atoms with E-state index in [-0.39, 0.29) is 5.97 Å². The number of nitrogens with zero attached hydrogens (tertiary/aromatic N) is 2. The predicted octanol–water partition coefficient (Wildman–Crippen LogP) is 5.33. The summed E-state index contributed by atoms with van der Waals surface area (Å²) in [5, 5.41) is 7.07. The first-order chi connectivity index (χ1) is 13.4. The third-order valence-electron chi connectivity index (χ3n) is 4.10. The standard InChI is InChI=1S/C21H21ClN4O2/c1-12-9-13(2)19(17(22)10-12)25-18-11-14(3)23-21(26-18)24-16-7-5-15(6-8-16)20(27)28-4/h5-11H,1-4H3,(H2,23,24,25,26). The van der Waals surface area contributed by atoms with Gasteiger partial charge in [-0.2, -0.15) is 4.98 Å². The molecule has 0 spiro atoms. The minimum atomic E-state index is -0.379. The fourth-order valence-electron chi connectivity index (χ4n) is 2.83. The van der Waals surface area contributed by atoms with E-state index in [1.54, 1.807) is 24.3 Å². The molecule has 0 radical (unpaired) electrons. The molecule has 0 fully saturated rings. The summed E-state index contributed by atoms with van der Waals surface area (Å²) in [5.74, 6) is 0.694. The molecule has 0 unspecified atom stereocenters. The fraction of sp³-hybridized carbons (Fsp3) is 0.190. The van der Waals surface area contributed by atoms with Crippen LogP contribution in [0, 0.1) is 20.8 Å². The number of anilines is 4. The summed E-state index contributed by atoms with van der Waals surface area (Å²) in [6.07, 6.45) is 0. The van der Waals surface area contributed by atoms with Gasteiger partial charge in [-0.15, -0.1) is 0 Å². The lowest BCUT2D eigenvalue weighted by Gasteiger charge is -2.14. The Labute approximate surface area is 168 Å². The molecule has 0 atom stereocenters. The van der Waals surface area contributed by atoms with Crippen molar-refractivity contribution < 1.29 is 9.53 Å². The number of carbonyl (C=O) groups is 1. The molecule has 0 aliphatic heterocycles. The molecule has 1 aromatic heterocycles. The summed E-state index contributed by atoms with van der Waals surface area (Å²) in [5.41, 5.74) is 4.99. The second-order valence-electron chi connectivity index (χ2n) is 6.48. The smallest absolute Gasteiger partial charge is 0.337 e. The Kier molecular flexibility index (Phi) is 5.80. The molecule has 3 aromatic rings. The number of methoxy groups -OCH3 is 1. The van der Waals surface area contributed by atoms with E-state index in [9.17, 15) is 4.79 Å². The van der Waals surface area contributed by atoms with E-state index in [4.69, 9.17) is 16.3 Å². The van der Waals surface area contributed by atoms with Crippen LogP contribution in [0.3, 0.4) is 0 Å². The monoisotopic (exact) mass is 396 g/mol. The van der Waals surface area contributed by atoms with Gasteiger partial charge in [0.05, 0.1) is 23.4 Å². The third kappa shape index (κ3) is 4.58. The molecule has 0 saturated heterocycles. The van der Waals surface area contributed by atoms with Crippen LogP contribution in [0.15, 0.2) is 42.5 Å². The molecule has 0 aliphatic carbocycles. The van der Waals surface area contributed by atoms with Crippen LogP contribution in [0.4, 0.5) is 23.1 Å². The van der Waals surface area contributed by atoms with Crippen LogP contribution in [0.5, 0.6) is 0 Å². The normalized spacial score (nSPS) is 10.5. The quantitative estimate of drug-likeness (QED) is 0.568. The lowest BCUT2D eigenvalue weighted by atomic mass is 10.1. The molecule has 144 valence electrons. The highest BCUT2D eigenvalue weighted by molar-refractivity contribution is 6.33. The van der Waals surface area contributed by atoms with Gasteiger partial charge in [0.2, 0.25) is 5.95 Å². The lowest BCUT2D eigenvalue weighted by molar-refractivity contribution is 0.0601. The van der Waals surface area contributed by atoms with Crippen molar-refractivity contribution in [3.8, 4) is 0 Å². The van der Waals surface area contributed by atoms with Crippen molar-refractivity contribution in [1.82, 2.24) is 9.97 Å². The molecule has 7 heteroatoms. The van der Waals surface area contributed by atoms with E-state index < -0.39 is 0 Å². The van der Waals surface area contributed by atoms with Crippen LogP contribution in [-0.2, 0) is 4.74 Å². The number of carbonyl (C=O) groups excluding carboxylic acids is 1. The van der Waals surface area contributed by atoms with Crippen molar-refractivity contribution in [2.24, 2.45) is 0 Å². The summed E-state index contributed by atoms with van der Waals surface area (Å²) in [6, 6.07) is 12.7. The SMILES string of the molecule is COC(=O)c1ccc(Nc2nc(C)cc(Nc3c(C)cc(C)cc3Cl)n2)cc1. The summed E-state index contributed by atoms with van der Waals surface area (Å²) >= 11 is 6.39. The number of halogens is 1. The molecule has 2 N–H and O–H groups in total. The fourth-order valence-corrected chi connectivity index (χ4v) is 3.20. The number of esters is 1. The summed E-state index contributed by atoms with van der Waals surface area (Å²) in [4.78, 5) is 20.5. The first-order valence-corrected chi connectivity index (χ1v) is 9.08. The van der Waals surface area contributed by atoms with E-state index in [1.165, 1.54) is 7.11 Å². The lowest BCUT2D eigenvalue weighted by Crippen LogP contribution is -2.04. The molecule has 6 nitrogen and oxygen atoms in total. The first-order valence-electron chi connectivity index (χ1n) is 8.70. The summed E-state index contributed by atoms with van der Waals surface area (Å²) < 4.78 is 4.71. The van der Waals surface area contributed by atoms with E-state index in [2.05, 4.69) is 26.7 Å². The summed E-state index contributed by atoms with van der Waals surface area (Å²) in [6.45, 7) is 5.89. The number of aryl methyl sites for hydroxylation is 3. The van der Waals surface area contributed by atoms with Crippen LogP contribution in [-0.4, -0.2) is 23.0 Å². The molecule has 28 heavy (non-hydrogen) atoms. The second kappa shape index (κ2) is 8.27. The van der Waals surface area contributed by atoms with Gasteiger partial charge in [-0.3, -0.25) is 0 Å². The Morgan fingerprint density at radius 1 is 1.00 bits per heavy atom. The minimum Gasteiger partial charge on any atom is -0.465 e. The highest BCUT2D eigenvalue weighted by Gasteiger charge is 2.10. The van der Waals surface area contributed by atoms with Gasteiger partial charge < -0.3 is 15.4 Å². The van der Waals surface area contributed by atoms with Crippen molar-refractivity contribution in [1.29, 1.82) is 0 Å². The minimum absolute atomic E-state index is 0.379. The Hall–Kier alpha value is -3.12. The number of ether oxygens (including phenoxy) is 1. The van der Waals surface area contributed by atoms with E-state index in [0.29, 0.717) is 22.4 Å². The largest absolute Gasteiger partial charge is 0.465 e. The highest BCUT2D eigenvalue weighted by atomic mass is 35.5. The molecule has 0 bridgehead atoms. The zero-order valence-electron chi connectivity index (χ0n) is 16.1. The van der Waals surface area contributed by atoms with Crippen LogP contribution < -0.4 is 10.6 Å². The number of aromatic nitrogens is 2. The van der Waals surface area contributed by atoms with Gasteiger partial charge in [0.15, 0.2) is 0 Å². The number of rotatable bonds is 5. The van der Waals surface area contributed by atoms with E-state index >= 15 is 0 Å². The van der Waals surface area contributed by atoms with Crippen molar-refractivity contribution in [3.63, 3.8) is 0 Å². The molecule has 1 heterocycles. The maximum absolute atomic E-state index is 11.5. The molecule has 3 rings (SSSR count). The van der Waals surface area contributed by atoms with Gasteiger partial charge in [-0.1, -0.05) is 17.7 Å². The topological polar surface area (TPSA) is 76.1 Å². The van der Waals surface area contributed by atoms with Gasteiger partial charge in [0.25, 0.3) is 0 Å². The Balaban J connectivity index is 1.83. The zero-order chi connectivity index (χ0) is 20.3. The van der Waals surface area contributed by atoms with Gasteiger partial charge in [0, 0.05) is 17.4 Å². The molecular formula is C21H21ClN4O2. The van der Waals surface area contributed by atoms with Crippen LogP contribution in [0.2, 0.25) is 5.02 Å². The number of benzene rings is 2. The predicted molar refractivity (Wildman–Crippen MR) is 112 cm³/mol. The van der Waals surface area contributed by atoms with Gasteiger partial charge >= 0.3 is 5.97 Å². The highest BCUT2D eigenvalue weighted by Crippen LogP contribution is 2.30.